The zero-order chi connectivity index (χ0) is 13.4. The van der Waals surface area contributed by atoms with Crippen molar-refractivity contribution in [3.8, 4) is 0 Å². The van der Waals surface area contributed by atoms with Crippen LogP contribution >= 0.6 is 0 Å². The molecule has 0 aliphatic heterocycles. The standard InChI is InChI=1S/C16H19NO2/c1-11(18)17(12-6-2-3-7-12)15-10-16(19)14-9-5-4-8-13(14)15/h4-5,8-9,12,15H,2-3,6-7,10H2,1H3/t15-/m1/s1. The summed E-state index contributed by atoms with van der Waals surface area (Å²) in [6.07, 6.45) is 4.99. The lowest BCUT2D eigenvalue weighted by Crippen LogP contribution is -2.39. The fraction of sp³-hybridized carbons (Fsp3) is 0.500. The normalized spacial score (nSPS) is 22.6. The first-order valence-corrected chi connectivity index (χ1v) is 7.09. The molecule has 0 unspecified atom stereocenters. The summed E-state index contributed by atoms with van der Waals surface area (Å²) in [5, 5.41) is 0. The number of hydrogen-bond acceptors (Lipinski definition) is 2. The molecule has 3 nitrogen and oxygen atoms in total. The van der Waals surface area contributed by atoms with Crippen molar-refractivity contribution in [2.75, 3.05) is 0 Å². The fourth-order valence-corrected chi connectivity index (χ4v) is 3.60. The van der Waals surface area contributed by atoms with Crippen molar-refractivity contribution in [1.29, 1.82) is 0 Å². The number of Topliss-reactive ketones (excluding diaryl/α,β-unsaturated/α-hetero) is 1. The van der Waals surface area contributed by atoms with Gasteiger partial charge in [-0.15, -0.1) is 0 Å². The molecule has 2 aliphatic carbocycles. The third kappa shape index (κ3) is 2.07. The van der Waals surface area contributed by atoms with E-state index in [1.807, 2.05) is 29.2 Å². The Bertz CT molecular complexity index is 517. The molecule has 1 fully saturated rings. The maximum Gasteiger partial charge on any atom is 0.220 e. The predicted octanol–water partition coefficient (Wildman–Crippen LogP) is 3.11. The van der Waals surface area contributed by atoms with Crippen LogP contribution in [0.2, 0.25) is 0 Å². The summed E-state index contributed by atoms with van der Waals surface area (Å²) in [5.74, 6) is 0.270. The molecule has 1 amide bonds. The minimum Gasteiger partial charge on any atom is -0.332 e. The summed E-state index contributed by atoms with van der Waals surface area (Å²) in [7, 11) is 0. The third-order valence-corrected chi connectivity index (χ3v) is 4.42. The van der Waals surface area contributed by atoms with Gasteiger partial charge in [-0.05, 0) is 18.4 Å². The number of fused-ring (bicyclic) bond motifs is 1. The van der Waals surface area contributed by atoms with E-state index in [1.165, 1.54) is 12.8 Å². The van der Waals surface area contributed by atoms with E-state index in [-0.39, 0.29) is 17.7 Å². The van der Waals surface area contributed by atoms with E-state index in [2.05, 4.69) is 0 Å². The molecule has 0 aromatic heterocycles. The van der Waals surface area contributed by atoms with Crippen LogP contribution in [0, 0.1) is 0 Å². The Labute approximate surface area is 113 Å². The second-order valence-corrected chi connectivity index (χ2v) is 5.59. The smallest absolute Gasteiger partial charge is 0.220 e. The number of carbonyl (C=O) groups is 2. The number of rotatable bonds is 2. The summed E-state index contributed by atoms with van der Waals surface area (Å²) >= 11 is 0. The van der Waals surface area contributed by atoms with Crippen LogP contribution in [0.4, 0.5) is 0 Å². The van der Waals surface area contributed by atoms with Crippen LogP contribution in [0.5, 0.6) is 0 Å². The van der Waals surface area contributed by atoms with Gasteiger partial charge in [0.05, 0.1) is 6.04 Å². The van der Waals surface area contributed by atoms with Crippen LogP contribution < -0.4 is 0 Å². The molecule has 19 heavy (non-hydrogen) atoms. The van der Waals surface area contributed by atoms with Crippen LogP contribution in [-0.2, 0) is 4.79 Å². The van der Waals surface area contributed by atoms with Crippen LogP contribution in [0.25, 0.3) is 0 Å². The Kier molecular flexibility index (Phi) is 3.13. The number of amides is 1. The first-order valence-electron chi connectivity index (χ1n) is 7.09. The van der Waals surface area contributed by atoms with E-state index in [0.717, 1.165) is 24.0 Å². The van der Waals surface area contributed by atoms with Gasteiger partial charge < -0.3 is 4.90 Å². The zero-order valence-electron chi connectivity index (χ0n) is 11.3. The number of ketones is 1. The quantitative estimate of drug-likeness (QED) is 0.816. The average Bonchev–Trinajstić information content (AvgIpc) is 3.00. The lowest BCUT2D eigenvalue weighted by Gasteiger charge is -2.34. The highest BCUT2D eigenvalue weighted by Gasteiger charge is 2.38. The van der Waals surface area contributed by atoms with Gasteiger partial charge in [0.1, 0.15) is 0 Å². The summed E-state index contributed by atoms with van der Waals surface area (Å²) in [6.45, 7) is 1.63. The van der Waals surface area contributed by atoms with Crippen molar-refractivity contribution < 1.29 is 9.59 Å². The van der Waals surface area contributed by atoms with Gasteiger partial charge in [-0.3, -0.25) is 9.59 Å². The Balaban J connectivity index is 1.96. The van der Waals surface area contributed by atoms with Crippen molar-refractivity contribution in [2.45, 2.75) is 51.1 Å². The molecule has 100 valence electrons. The summed E-state index contributed by atoms with van der Waals surface area (Å²) < 4.78 is 0. The fourth-order valence-electron chi connectivity index (χ4n) is 3.60. The van der Waals surface area contributed by atoms with Gasteiger partial charge in [0.25, 0.3) is 0 Å². The molecule has 1 saturated carbocycles. The van der Waals surface area contributed by atoms with E-state index >= 15 is 0 Å². The predicted molar refractivity (Wildman–Crippen MR) is 72.9 cm³/mol. The second kappa shape index (κ2) is 4.80. The minimum absolute atomic E-state index is 0.0377. The largest absolute Gasteiger partial charge is 0.332 e. The first-order chi connectivity index (χ1) is 9.18. The van der Waals surface area contributed by atoms with Crippen LogP contribution in [-0.4, -0.2) is 22.6 Å². The molecule has 3 rings (SSSR count). The highest BCUT2D eigenvalue weighted by molar-refractivity contribution is 6.01. The lowest BCUT2D eigenvalue weighted by atomic mass is 10.0. The van der Waals surface area contributed by atoms with Crippen molar-refractivity contribution >= 4 is 11.7 Å². The molecule has 0 radical (unpaired) electrons. The molecule has 1 aromatic carbocycles. The highest BCUT2D eigenvalue weighted by Crippen LogP contribution is 2.39. The highest BCUT2D eigenvalue weighted by atomic mass is 16.2. The van der Waals surface area contributed by atoms with Gasteiger partial charge >= 0.3 is 0 Å². The maximum atomic E-state index is 12.1. The Morgan fingerprint density at radius 1 is 1.21 bits per heavy atom. The molecule has 2 aliphatic rings. The van der Waals surface area contributed by atoms with Crippen LogP contribution in [0.3, 0.4) is 0 Å². The molecule has 1 atom stereocenters. The number of carbonyl (C=O) groups excluding carboxylic acids is 2. The van der Waals surface area contributed by atoms with Gasteiger partial charge in [0, 0.05) is 24.9 Å². The number of nitrogens with zero attached hydrogens (tertiary/aromatic N) is 1. The SMILES string of the molecule is CC(=O)N(C1CCCC1)[C@@H]1CC(=O)c2ccccc21. The van der Waals surface area contributed by atoms with Gasteiger partial charge in [-0.1, -0.05) is 37.1 Å². The molecular formula is C16H19NO2. The summed E-state index contributed by atoms with van der Waals surface area (Å²) in [5.41, 5.74) is 1.84. The maximum absolute atomic E-state index is 12.1. The Morgan fingerprint density at radius 3 is 2.58 bits per heavy atom. The van der Waals surface area contributed by atoms with E-state index in [0.29, 0.717) is 12.5 Å². The van der Waals surface area contributed by atoms with Gasteiger partial charge in [-0.2, -0.15) is 0 Å². The summed E-state index contributed by atoms with van der Waals surface area (Å²) in [6, 6.07) is 8.01. The molecule has 3 heteroatoms. The molecule has 0 bridgehead atoms. The molecule has 0 spiro atoms. The van der Waals surface area contributed by atoms with Crippen molar-refractivity contribution in [1.82, 2.24) is 4.90 Å². The zero-order valence-corrected chi connectivity index (χ0v) is 11.3. The van der Waals surface area contributed by atoms with E-state index in [1.54, 1.807) is 6.92 Å². The lowest BCUT2D eigenvalue weighted by molar-refractivity contribution is -0.133. The number of hydrogen-bond donors (Lipinski definition) is 0. The van der Waals surface area contributed by atoms with E-state index in [9.17, 15) is 9.59 Å². The molecule has 0 saturated heterocycles. The third-order valence-electron chi connectivity index (χ3n) is 4.42. The molecule has 0 N–H and O–H groups in total. The van der Waals surface area contributed by atoms with Crippen molar-refractivity contribution in [2.24, 2.45) is 0 Å². The topological polar surface area (TPSA) is 37.4 Å². The van der Waals surface area contributed by atoms with Gasteiger partial charge in [0.2, 0.25) is 5.91 Å². The average molecular weight is 257 g/mol. The molecule has 0 heterocycles. The van der Waals surface area contributed by atoms with Gasteiger partial charge in [0.15, 0.2) is 5.78 Å². The minimum atomic E-state index is -0.0377. The van der Waals surface area contributed by atoms with Crippen LogP contribution in [0.15, 0.2) is 24.3 Å². The monoisotopic (exact) mass is 257 g/mol. The second-order valence-electron chi connectivity index (χ2n) is 5.59. The molecular weight excluding hydrogens is 238 g/mol. The van der Waals surface area contributed by atoms with E-state index in [4.69, 9.17) is 0 Å². The Hall–Kier alpha value is -1.64. The van der Waals surface area contributed by atoms with Gasteiger partial charge in [-0.25, -0.2) is 0 Å². The van der Waals surface area contributed by atoms with E-state index < -0.39 is 0 Å². The Morgan fingerprint density at radius 2 is 1.89 bits per heavy atom. The van der Waals surface area contributed by atoms with Crippen molar-refractivity contribution in [3.63, 3.8) is 0 Å². The first kappa shape index (κ1) is 12.4. The summed E-state index contributed by atoms with van der Waals surface area (Å²) in [4.78, 5) is 26.1. The van der Waals surface area contributed by atoms with Crippen molar-refractivity contribution in [3.05, 3.63) is 35.4 Å². The molecule has 1 aromatic rings. The van der Waals surface area contributed by atoms with Crippen LogP contribution in [0.1, 0.15) is 61.0 Å². The number of benzene rings is 1.